The van der Waals surface area contributed by atoms with Gasteiger partial charge >= 0.3 is 5.97 Å². The maximum atomic E-state index is 12.5. The van der Waals surface area contributed by atoms with E-state index in [9.17, 15) is 9.90 Å². The Morgan fingerprint density at radius 1 is 1.13 bits per heavy atom. The molecule has 0 saturated heterocycles. The average molecular weight is 428 g/mol. The van der Waals surface area contributed by atoms with Crippen LogP contribution in [0.1, 0.15) is 42.5 Å². The summed E-state index contributed by atoms with van der Waals surface area (Å²) in [6.07, 6.45) is 4.31. The highest BCUT2D eigenvalue weighted by atomic mass is 35.5. The lowest BCUT2D eigenvalue weighted by molar-refractivity contribution is 0.0730. The van der Waals surface area contributed by atoms with Crippen LogP contribution in [0.5, 0.6) is 11.5 Å². The summed E-state index contributed by atoms with van der Waals surface area (Å²) in [4.78, 5) is 22.8. The Balaban J connectivity index is 1.75. The van der Waals surface area contributed by atoms with Crippen molar-refractivity contribution in [2.24, 2.45) is 21.5 Å². The Labute approximate surface area is 178 Å². The van der Waals surface area contributed by atoms with Gasteiger partial charge in [-0.25, -0.2) is 9.79 Å². The molecule has 4 rings (SSSR count). The molecule has 1 heterocycles. The number of hydrogen-bond acceptors (Lipinski definition) is 8. The van der Waals surface area contributed by atoms with Crippen LogP contribution in [0.2, 0.25) is 5.02 Å². The van der Waals surface area contributed by atoms with Gasteiger partial charge in [-0.2, -0.15) is 4.99 Å². The predicted molar refractivity (Wildman–Crippen MR) is 116 cm³/mol. The number of esters is 1. The normalized spacial score (nSPS) is 18.0. The van der Waals surface area contributed by atoms with Crippen LogP contribution in [0, 0.1) is 0 Å². The molecule has 2 aromatic carbocycles. The van der Waals surface area contributed by atoms with E-state index in [1.54, 1.807) is 41.3 Å². The number of ether oxygens (including phenoxy) is 1. The molecule has 0 aromatic heterocycles. The molecule has 0 unspecified atom stereocenters. The summed E-state index contributed by atoms with van der Waals surface area (Å²) in [5, 5.41) is 11.3. The highest BCUT2D eigenvalue weighted by Gasteiger charge is 2.44. The molecule has 156 valence electrons. The van der Waals surface area contributed by atoms with Gasteiger partial charge in [0.05, 0.1) is 11.3 Å². The zero-order valence-corrected chi connectivity index (χ0v) is 17.0. The number of hydrogen-bond donors (Lipinski definition) is 3. The Morgan fingerprint density at radius 2 is 1.83 bits per heavy atom. The first-order chi connectivity index (χ1) is 14.4. The number of carbonyl (C=O) groups excluding carboxylic acids is 1. The van der Waals surface area contributed by atoms with Crippen LogP contribution in [0.15, 0.2) is 52.4 Å². The third-order valence-corrected chi connectivity index (χ3v) is 5.54. The summed E-state index contributed by atoms with van der Waals surface area (Å²) >= 11 is 6.30. The van der Waals surface area contributed by atoms with Gasteiger partial charge in [0.1, 0.15) is 5.66 Å². The van der Waals surface area contributed by atoms with Crippen LogP contribution in [-0.4, -0.2) is 28.7 Å². The summed E-state index contributed by atoms with van der Waals surface area (Å²) < 4.78 is 5.43. The second-order valence-corrected chi connectivity index (χ2v) is 7.78. The van der Waals surface area contributed by atoms with Crippen LogP contribution >= 0.6 is 11.6 Å². The van der Waals surface area contributed by atoms with E-state index in [2.05, 4.69) is 9.98 Å². The topological polar surface area (TPSA) is 127 Å². The molecule has 1 saturated carbocycles. The van der Waals surface area contributed by atoms with Crippen molar-refractivity contribution in [3.63, 3.8) is 0 Å². The highest BCUT2D eigenvalue weighted by molar-refractivity contribution is 6.31. The molecule has 0 bridgehead atoms. The number of aromatic hydroxyl groups is 1. The summed E-state index contributed by atoms with van der Waals surface area (Å²) in [5.41, 5.74) is 12.0. The van der Waals surface area contributed by atoms with Crippen molar-refractivity contribution in [3.05, 3.63) is 53.1 Å². The lowest BCUT2D eigenvalue weighted by Crippen LogP contribution is -2.58. The number of aliphatic imine (C=N–C) groups is 2. The quantitative estimate of drug-likeness (QED) is 0.509. The van der Waals surface area contributed by atoms with E-state index in [1.807, 2.05) is 0 Å². The minimum atomic E-state index is -0.767. The number of carbonyl (C=O) groups is 1. The molecule has 2 aliphatic rings. The van der Waals surface area contributed by atoms with Gasteiger partial charge < -0.3 is 21.3 Å². The number of guanidine groups is 2. The van der Waals surface area contributed by atoms with E-state index in [0.29, 0.717) is 18.4 Å². The van der Waals surface area contributed by atoms with E-state index >= 15 is 0 Å². The number of benzene rings is 2. The number of phenols is 1. The zero-order chi connectivity index (χ0) is 21.3. The van der Waals surface area contributed by atoms with Gasteiger partial charge in [0.2, 0.25) is 11.9 Å². The van der Waals surface area contributed by atoms with Crippen molar-refractivity contribution in [1.29, 1.82) is 0 Å². The fraction of sp³-hybridized carbons (Fsp3) is 0.286. The molecular weight excluding hydrogens is 406 g/mol. The maximum absolute atomic E-state index is 12.5. The van der Waals surface area contributed by atoms with E-state index in [0.717, 1.165) is 19.3 Å². The molecule has 30 heavy (non-hydrogen) atoms. The first-order valence-corrected chi connectivity index (χ1v) is 10.1. The van der Waals surface area contributed by atoms with Crippen molar-refractivity contribution in [2.75, 3.05) is 4.90 Å². The Morgan fingerprint density at radius 3 is 2.53 bits per heavy atom. The molecule has 1 aliphatic carbocycles. The first-order valence-electron chi connectivity index (χ1n) is 9.69. The van der Waals surface area contributed by atoms with Gasteiger partial charge in [0, 0.05) is 11.1 Å². The molecule has 0 amide bonds. The monoisotopic (exact) mass is 427 g/mol. The lowest BCUT2D eigenvalue weighted by atomic mass is 9.87. The molecular formula is C21H22ClN5O3. The molecule has 0 atom stereocenters. The van der Waals surface area contributed by atoms with E-state index in [4.69, 9.17) is 27.8 Å². The van der Waals surface area contributed by atoms with Crippen LogP contribution < -0.4 is 21.1 Å². The lowest BCUT2D eigenvalue weighted by Gasteiger charge is -2.45. The van der Waals surface area contributed by atoms with Crippen molar-refractivity contribution in [3.8, 4) is 11.5 Å². The predicted octanol–water partition coefficient (Wildman–Crippen LogP) is 3.37. The van der Waals surface area contributed by atoms with Gasteiger partial charge in [-0.3, -0.25) is 4.90 Å². The largest absolute Gasteiger partial charge is 0.503 e. The fourth-order valence-corrected chi connectivity index (χ4v) is 4.21. The second-order valence-electron chi connectivity index (χ2n) is 7.35. The molecule has 1 spiro atoms. The van der Waals surface area contributed by atoms with Gasteiger partial charge in [-0.15, -0.1) is 0 Å². The number of nitrogens with two attached hydrogens (primary N) is 2. The molecule has 0 radical (unpaired) electrons. The van der Waals surface area contributed by atoms with Crippen molar-refractivity contribution in [1.82, 2.24) is 0 Å². The van der Waals surface area contributed by atoms with Crippen LogP contribution in [0.4, 0.5) is 5.69 Å². The number of halogens is 1. The van der Waals surface area contributed by atoms with Crippen LogP contribution in [0.3, 0.4) is 0 Å². The summed E-state index contributed by atoms with van der Waals surface area (Å²) in [6, 6.07) is 11.4. The van der Waals surface area contributed by atoms with E-state index in [1.165, 1.54) is 6.07 Å². The molecule has 1 fully saturated rings. The Bertz CT molecular complexity index is 1030. The molecule has 1 aliphatic heterocycles. The summed E-state index contributed by atoms with van der Waals surface area (Å²) in [5.74, 6) is -0.769. The number of nitrogens with zero attached hydrogens (tertiary/aromatic N) is 3. The molecule has 8 nitrogen and oxygen atoms in total. The van der Waals surface area contributed by atoms with Gasteiger partial charge in [-0.1, -0.05) is 36.2 Å². The maximum Gasteiger partial charge on any atom is 0.343 e. The van der Waals surface area contributed by atoms with Crippen LogP contribution in [-0.2, 0) is 0 Å². The highest BCUT2D eigenvalue weighted by Crippen LogP contribution is 2.46. The fourth-order valence-electron chi connectivity index (χ4n) is 4.01. The first kappa shape index (κ1) is 20.0. The van der Waals surface area contributed by atoms with Gasteiger partial charge in [0.15, 0.2) is 11.5 Å². The Kier molecular flexibility index (Phi) is 5.26. The number of anilines is 1. The van der Waals surface area contributed by atoms with Gasteiger partial charge in [0.25, 0.3) is 0 Å². The number of phenolic OH excluding ortho intramolecular Hbond substituents is 1. The van der Waals surface area contributed by atoms with Crippen molar-refractivity contribution in [2.45, 2.75) is 37.8 Å². The third-order valence-electron chi connectivity index (χ3n) is 5.32. The summed E-state index contributed by atoms with van der Waals surface area (Å²) in [6.45, 7) is 0. The second kappa shape index (κ2) is 7.87. The van der Waals surface area contributed by atoms with Gasteiger partial charge in [-0.05, 0) is 43.9 Å². The van der Waals surface area contributed by atoms with Crippen LogP contribution in [0.25, 0.3) is 0 Å². The third kappa shape index (κ3) is 3.66. The molecule has 9 heteroatoms. The zero-order valence-electron chi connectivity index (χ0n) is 16.2. The Hall–Kier alpha value is -3.26. The van der Waals surface area contributed by atoms with Crippen molar-refractivity contribution >= 4 is 35.2 Å². The van der Waals surface area contributed by atoms with E-state index < -0.39 is 11.6 Å². The minimum Gasteiger partial charge on any atom is -0.503 e. The molecule has 2 aromatic rings. The smallest absolute Gasteiger partial charge is 0.343 e. The van der Waals surface area contributed by atoms with E-state index in [-0.39, 0.29) is 34.1 Å². The number of rotatable bonds is 3. The minimum absolute atomic E-state index is 0.0763. The van der Waals surface area contributed by atoms with Crippen molar-refractivity contribution < 1.29 is 14.6 Å². The molecule has 5 N–H and O–H groups in total. The SMILES string of the molecule is NC1=NC2(CCCCC2)N(c2cc(Cl)cc(OC(=O)c3ccccc3)c2O)C(N)=N1. The standard InChI is InChI=1S/C21H22ClN5O3/c22-14-11-15(17(28)16(12-14)30-18(29)13-7-3-1-4-8-13)27-20(24)25-19(23)26-21(27)9-5-2-6-10-21/h1,3-4,7-8,11-12,28H,2,5-6,9-10H2,(H4,23,24,25,26). The summed E-state index contributed by atoms with van der Waals surface area (Å²) in [7, 11) is 0. The average Bonchev–Trinajstić information content (AvgIpc) is 2.71.